The summed E-state index contributed by atoms with van der Waals surface area (Å²) in [5, 5.41) is 0. The zero-order chi connectivity index (χ0) is 13.5. The van der Waals surface area contributed by atoms with Crippen molar-refractivity contribution in [1.29, 1.82) is 0 Å². The van der Waals surface area contributed by atoms with Crippen LogP contribution in [0.2, 0.25) is 0 Å². The van der Waals surface area contributed by atoms with Gasteiger partial charge < -0.3 is 0 Å². The van der Waals surface area contributed by atoms with Crippen LogP contribution in [-0.2, 0) is 25.8 Å². The van der Waals surface area contributed by atoms with Crippen molar-refractivity contribution in [3.05, 3.63) is 70.3 Å². The van der Waals surface area contributed by atoms with Crippen molar-refractivity contribution in [2.24, 2.45) is 0 Å². The lowest BCUT2D eigenvalue weighted by molar-refractivity contribution is 0.160. The highest BCUT2D eigenvalue weighted by molar-refractivity contribution is 5.43. The SMILES string of the molecule is CCc1cccc2c1C1Cc3ccccc3CN1CC2. The van der Waals surface area contributed by atoms with E-state index in [1.54, 1.807) is 22.3 Å². The first-order chi connectivity index (χ1) is 9.86. The maximum absolute atomic E-state index is 2.68. The minimum atomic E-state index is 0.602. The molecule has 0 radical (unpaired) electrons. The molecule has 0 aliphatic carbocycles. The Kier molecular flexibility index (Phi) is 2.89. The molecule has 0 spiro atoms. The van der Waals surface area contributed by atoms with Crippen molar-refractivity contribution in [1.82, 2.24) is 4.90 Å². The van der Waals surface area contributed by atoms with Crippen LogP contribution in [-0.4, -0.2) is 11.4 Å². The van der Waals surface area contributed by atoms with Gasteiger partial charge in [-0.1, -0.05) is 49.4 Å². The monoisotopic (exact) mass is 263 g/mol. The molecular weight excluding hydrogens is 242 g/mol. The van der Waals surface area contributed by atoms with Gasteiger partial charge in [-0.15, -0.1) is 0 Å². The predicted molar refractivity (Wildman–Crippen MR) is 82.8 cm³/mol. The van der Waals surface area contributed by atoms with Gasteiger partial charge >= 0.3 is 0 Å². The number of rotatable bonds is 1. The number of fused-ring (bicyclic) bond motifs is 4. The summed E-state index contributed by atoms with van der Waals surface area (Å²) in [6.45, 7) is 4.61. The van der Waals surface area contributed by atoms with Crippen LogP contribution >= 0.6 is 0 Å². The second-order valence-electron chi connectivity index (χ2n) is 6.05. The van der Waals surface area contributed by atoms with Crippen molar-refractivity contribution in [3.8, 4) is 0 Å². The second-order valence-corrected chi connectivity index (χ2v) is 6.05. The third kappa shape index (κ3) is 1.81. The number of nitrogens with zero attached hydrogens (tertiary/aromatic N) is 1. The van der Waals surface area contributed by atoms with E-state index in [1.165, 1.54) is 24.9 Å². The molecule has 1 unspecified atom stereocenters. The first kappa shape index (κ1) is 12.2. The molecule has 0 aromatic heterocycles. The Hall–Kier alpha value is -1.60. The molecule has 2 aromatic rings. The zero-order valence-electron chi connectivity index (χ0n) is 12.1. The van der Waals surface area contributed by atoms with E-state index in [4.69, 9.17) is 0 Å². The highest BCUT2D eigenvalue weighted by atomic mass is 15.2. The Morgan fingerprint density at radius 3 is 2.65 bits per heavy atom. The molecule has 2 aliphatic heterocycles. The van der Waals surface area contributed by atoms with E-state index in [9.17, 15) is 0 Å². The quantitative estimate of drug-likeness (QED) is 0.754. The Labute approximate surface area is 121 Å². The van der Waals surface area contributed by atoms with E-state index in [0.717, 1.165) is 13.0 Å². The lowest BCUT2D eigenvalue weighted by Crippen LogP contribution is -2.39. The van der Waals surface area contributed by atoms with Gasteiger partial charge in [0.25, 0.3) is 0 Å². The first-order valence-corrected chi connectivity index (χ1v) is 7.78. The van der Waals surface area contributed by atoms with Gasteiger partial charge in [0.2, 0.25) is 0 Å². The zero-order valence-corrected chi connectivity index (χ0v) is 12.1. The van der Waals surface area contributed by atoms with Crippen molar-refractivity contribution in [2.45, 2.75) is 38.8 Å². The van der Waals surface area contributed by atoms with Crippen molar-refractivity contribution < 1.29 is 0 Å². The number of benzene rings is 2. The molecule has 2 aliphatic rings. The summed E-state index contributed by atoms with van der Waals surface area (Å²) in [7, 11) is 0. The third-order valence-corrected chi connectivity index (χ3v) is 5.02. The fourth-order valence-electron chi connectivity index (χ4n) is 3.98. The molecule has 1 atom stereocenters. The molecule has 2 heterocycles. The molecule has 0 amide bonds. The lowest BCUT2D eigenvalue weighted by Gasteiger charge is -2.42. The van der Waals surface area contributed by atoms with Gasteiger partial charge in [-0.25, -0.2) is 0 Å². The topological polar surface area (TPSA) is 3.24 Å². The van der Waals surface area contributed by atoms with Gasteiger partial charge in [0.1, 0.15) is 0 Å². The van der Waals surface area contributed by atoms with Crippen LogP contribution in [0.1, 0.15) is 40.8 Å². The first-order valence-electron chi connectivity index (χ1n) is 7.78. The average Bonchev–Trinajstić information content (AvgIpc) is 2.52. The van der Waals surface area contributed by atoms with Gasteiger partial charge in [0.15, 0.2) is 0 Å². The van der Waals surface area contributed by atoms with Crippen LogP contribution in [0.15, 0.2) is 42.5 Å². The summed E-state index contributed by atoms with van der Waals surface area (Å²) in [5.41, 5.74) is 7.85. The molecule has 0 N–H and O–H groups in total. The fourth-order valence-corrected chi connectivity index (χ4v) is 3.98. The summed E-state index contributed by atoms with van der Waals surface area (Å²) in [6.07, 6.45) is 3.54. The summed E-state index contributed by atoms with van der Waals surface area (Å²) in [6, 6.07) is 16.5. The van der Waals surface area contributed by atoms with Crippen LogP contribution in [0.5, 0.6) is 0 Å². The predicted octanol–water partition coefficient (Wildman–Crippen LogP) is 3.90. The lowest BCUT2D eigenvalue weighted by atomic mass is 9.81. The molecule has 4 rings (SSSR count). The van der Waals surface area contributed by atoms with Gasteiger partial charge in [0, 0.05) is 19.1 Å². The van der Waals surface area contributed by atoms with Crippen LogP contribution in [0.4, 0.5) is 0 Å². The maximum atomic E-state index is 2.68. The molecule has 20 heavy (non-hydrogen) atoms. The van der Waals surface area contributed by atoms with Crippen molar-refractivity contribution in [3.63, 3.8) is 0 Å². The van der Waals surface area contributed by atoms with Crippen LogP contribution in [0, 0.1) is 0 Å². The Morgan fingerprint density at radius 2 is 1.80 bits per heavy atom. The Morgan fingerprint density at radius 1 is 1.00 bits per heavy atom. The minimum absolute atomic E-state index is 0.602. The average molecular weight is 263 g/mol. The summed E-state index contributed by atoms with van der Waals surface area (Å²) in [4.78, 5) is 2.68. The maximum Gasteiger partial charge on any atom is 0.0397 e. The summed E-state index contributed by atoms with van der Waals surface area (Å²) in [5.74, 6) is 0. The largest absolute Gasteiger partial charge is 0.291 e. The number of aryl methyl sites for hydroxylation is 1. The standard InChI is InChI=1S/C19H21N/c1-2-14-8-5-9-15-10-11-20-13-17-7-4-3-6-16(17)12-18(20)19(14)15/h3-9,18H,2,10-13H2,1H3. The van der Waals surface area contributed by atoms with E-state index in [0.29, 0.717) is 6.04 Å². The Bertz CT molecular complexity index is 630. The molecule has 2 aromatic carbocycles. The van der Waals surface area contributed by atoms with Gasteiger partial charge in [0.05, 0.1) is 0 Å². The van der Waals surface area contributed by atoms with Gasteiger partial charge in [-0.3, -0.25) is 4.90 Å². The van der Waals surface area contributed by atoms with E-state index in [-0.39, 0.29) is 0 Å². The molecule has 0 saturated heterocycles. The van der Waals surface area contributed by atoms with E-state index in [1.807, 2.05) is 0 Å². The van der Waals surface area contributed by atoms with Crippen LogP contribution in [0.25, 0.3) is 0 Å². The number of hydrogen-bond donors (Lipinski definition) is 0. The molecule has 1 nitrogen and oxygen atoms in total. The van der Waals surface area contributed by atoms with E-state index in [2.05, 4.69) is 54.3 Å². The van der Waals surface area contributed by atoms with Crippen molar-refractivity contribution in [2.75, 3.05) is 6.54 Å². The molecule has 0 saturated carbocycles. The smallest absolute Gasteiger partial charge is 0.0397 e. The molecule has 1 heteroatoms. The fraction of sp³-hybridized carbons (Fsp3) is 0.368. The molecule has 0 bridgehead atoms. The van der Waals surface area contributed by atoms with E-state index < -0.39 is 0 Å². The van der Waals surface area contributed by atoms with Gasteiger partial charge in [-0.05, 0) is 47.1 Å². The number of hydrogen-bond acceptors (Lipinski definition) is 1. The molecule has 102 valence electrons. The van der Waals surface area contributed by atoms with Crippen molar-refractivity contribution >= 4 is 0 Å². The molecule has 0 fully saturated rings. The molecular formula is C19H21N. The Balaban J connectivity index is 1.81. The van der Waals surface area contributed by atoms with Crippen LogP contribution < -0.4 is 0 Å². The van der Waals surface area contributed by atoms with E-state index >= 15 is 0 Å². The second kappa shape index (κ2) is 4.75. The summed E-state index contributed by atoms with van der Waals surface area (Å²) < 4.78 is 0. The highest BCUT2D eigenvalue weighted by Gasteiger charge is 2.32. The normalized spacial score (nSPS) is 20.9. The third-order valence-electron chi connectivity index (χ3n) is 5.02. The van der Waals surface area contributed by atoms with Crippen LogP contribution in [0.3, 0.4) is 0 Å². The highest BCUT2D eigenvalue weighted by Crippen LogP contribution is 2.39. The minimum Gasteiger partial charge on any atom is -0.291 e. The van der Waals surface area contributed by atoms with Gasteiger partial charge in [-0.2, -0.15) is 0 Å². The summed E-state index contributed by atoms with van der Waals surface area (Å²) >= 11 is 0.